The number of amides is 1. The predicted octanol–water partition coefficient (Wildman–Crippen LogP) is 5.31. The summed E-state index contributed by atoms with van der Waals surface area (Å²) in [7, 11) is 0. The number of Topliss-reactive ketones (excluding diaryl/α,β-unsaturated/α-hetero) is 1. The van der Waals surface area contributed by atoms with E-state index >= 15 is 0 Å². The van der Waals surface area contributed by atoms with E-state index in [1.807, 2.05) is 61.5 Å². The van der Waals surface area contributed by atoms with E-state index in [9.17, 15) is 14.7 Å². The molecule has 1 saturated heterocycles. The predicted molar refractivity (Wildman–Crippen MR) is 131 cm³/mol. The molecule has 0 spiro atoms. The minimum Gasteiger partial charge on any atom is -0.507 e. The maximum Gasteiger partial charge on any atom is 0.295 e. The van der Waals surface area contributed by atoms with E-state index < -0.39 is 17.7 Å². The summed E-state index contributed by atoms with van der Waals surface area (Å²) in [5, 5.41) is 11.1. The Morgan fingerprint density at radius 1 is 0.969 bits per heavy atom. The number of carbonyl (C=O) groups is 2. The van der Waals surface area contributed by atoms with E-state index in [2.05, 4.69) is 22.6 Å². The molecule has 3 aromatic carbocycles. The largest absolute Gasteiger partial charge is 0.507 e. The number of ketones is 1. The van der Waals surface area contributed by atoms with Crippen molar-refractivity contribution in [3.05, 3.63) is 105 Å². The minimum atomic E-state index is -0.684. The Morgan fingerprint density at radius 3 is 2.25 bits per heavy atom. The first-order valence-corrected chi connectivity index (χ1v) is 11.4. The zero-order valence-electron chi connectivity index (χ0n) is 17.5. The molecule has 1 aliphatic rings. The minimum absolute atomic E-state index is 0.0938. The van der Waals surface area contributed by atoms with Crippen LogP contribution in [0.15, 0.2) is 84.4 Å². The molecule has 5 nitrogen and oxygen atoms in total. The fourth-order valence-electron chi connectivity index (χ4n) is 3.85. The van der Waals surface area contributed by atoms with Crippen LogP contribution in [-0.4, -0.2) is 28.3 Å². The second-order valence-electron chi connectivity index (χ2n) is 7.42. The Morgan fingerprint density at radius 2 is 1.62 bits per heavy atom. The lowest BCUT2D eigenvalue weighted by atomic mass is 9.95. The Labute approximate surface area is 200 Å². The van der Waals surface area contributed by atoms with Crippen LogP contribution in [0.4, 0.5) is 0 Å². The van der Waals surface area contributed by atoms with Crippen molar-refractivity contribution in [2.24, 2.45) is 0 Å². The molecule has 1 heterocycles. The van der Waals surface area contributed by atoms with Gasteiger partial charge in [-0.25, -0.2) is 0 Å². The van der Waals surface area contributed by atoms with Crippen LogP contribution < -0.4 is 4.74 Å². The van der Waals surface area contributed by atoms with Crippen molar-refractivity contribution >= 4 is 40.0 Å². The Balaban J connectivity index is 1.81. The maximum absolute atomic E-state index is 13.1. The summed E-state index contributed by atoms with van der Waals surface area (Å²) < 4.78 is 6.50. The molecule has 1 fully saturated rings. The number of nitrogens with zero attached hydrogens (tertiary/aromatic N) is 1. The summed E-state index contributed by atoms with van der Waals surface area (Å²) in [6, 6.07) is 23.3. The van der Waals surface area contributed by atoms with Gasteiger partial charge in [0.1, 0.15) is 11.5 Å². The fraction of sp³-hybridized carbons (Fsp3) is 0.154. The monoisotopic (exact) mass is 539 g/mol. The number of aliphatic hydroxyl groups excluding tert-OH is 1. The van der Waals surface area contributed by atoms with Gasteiger partial charge in [-0.1, -0.05) is 42.5 Å². The van der Waals surface area contributed by atoms with Crippen LogP contribution in [0.1, 0.15) is 29.7 Å². The zero-order chi connectivity index (χ0) is 22.7. The van der Waals surface area contributed by atoms with E-state index in [1.54, 1.807) is 24.3 Å². The number of aliphatic hydroxyl groups is 1. The van der Waals surface area contributed by atoms with Crippen molar-refractivity contribution in [3.8, 4) is 5.75 Å². The van der Waals surface area contributed by atoms with Gasteiger partial charge in [0.2, 0.25) is 0 Å². The van der Waals surface area contributed by atoms with E-state index in [-0.39, 0.29) is 17.9 Å². The van der Waals surface area contributed by atoms with Gasteiger partial charge in [-0.15, -0.1) is 0 Å². The molecule has 1 N–H and O–H groups in total. The van der Waals surface area contributed by atoms with Gasteiger partial charge in [0.15, 0.2) is 0 Å². The SMILES string of the molecule is CCOc1ccc(C(O)=C2C(=O)C(=O)N(Cc3ccccc3)C2c2ccc(I)cc2)cc1. The fourth-order valence-corrected chi connectivity index (χ4v) is 4.21. The number of halogens is 1. The highest BCUT2D eigenvalue weighted by atomic mass is 127. The topological polar surface area (TPSA) is 66.8 Å². The van der Waals surface area contributed by atoms with Crippen LogP contribution in [0, 0.1) is 3.57 Å². The van der Waals surface area contributed by atoms with E-state index in [4.69, 9.17) is 4.74 Å². The first kappa shape index (κ1) is 22.1. The number of benzene rings is 3. The number of carbonyl (C=O) groups excluding carboxylic acids is 2. The lowest BCUT2D eigenvalue weighted by molar-refractivity contribution is -0.140. The molecule has 6 heteroatoms. The molecule has 0 aliphatic carbocycles. The molecular formula is C26H22INO4. The molecule has 32 heavy (non-hydrogen) atoms. The van der Waals surface area contributed by atoms with Gasteiger partial charge < -0.3 is 14.7 Å². The first-order valence-electron chi connectivity index (χ1n) is 10.3. The number of likely N-dealkylation sites (tertiary alicyclic amines) is 1. The third kappa shape index (κ3) is 4.41. The van der Waals surface area contributed by atoms with Crippen LogP contribution in [0.25, 0.3) is 5.76 Å². The van der Waals surface area contributed by atoms with Crippen LogP contribution in [0.3, 0.4) is 0 Å². The molecule has 1 atom stereocenters. The Hall–Kier alpha value is -3.13. The van der Waals surface area contributed by atoms with E-state index in [1.165, 1.54) is 4.90 Å². The van der Waals surface area contributed by atoms with Crippen LogP contribution in [0.2, 0.25) is 0 Å². The van der Waals surface area contributed by atoms with Crippen molar-refractivity contribution in [3.63, 3.8) is 0 Å². The molecule has 162 valence electrons. The van der Waals surface area contributed by atoms with Crippen molar-refractivity contribution < 1.29 is 19.4 Å². The highest BCUT2D eigenvalue weighted by Crippen LogP contribution is 2.40. The van der Waals surface area contributed by atoms with Crippen molar-refractivity contribution in [2.45, 2.75) is 19.5 Å². The smallest absolute Gasteiger partial charge is 0.295 e. The summed E-state index contributed by atoms with van der Waals surface area (Å²) in [5.74, 6) is -0.825. The lowest BCUT2D eigenvalue weighted by Gasteiger charge is -2.25. The molecule has 3 aromatic rings. The van der Waals surface area contributed by atoms with Crippen LogP contribution in [-0.2, 0) is 16.1 Å². The number of ether oxygens (including phenoxy) is 1. The van der Waals surface area contributed by atoms with Crippen LogP contribution >= 0.6 is 22.6 Å². The molecule has 0 bridgehead atoms. The van der Waals surface area contributed by atoms with Crippen molar-refractivity contribution in [1.29, 1.82) is 0 Å². The molecule has 1 aliphatic heterocycles. The van der Waals surface area contributed by atoms with E-state index in [0.717, 1.165) is 14.7 Å². The highest BCUT2D eigenvalue weighted by Gasteiger charge is 2.46. The van der Waals surface area contributed by atoms with Gasteiger partial charge in [0.05, 0.1) is 18.2 Å². The van der Waals surface area contributed by atoms with Gasteiger partial charge in [-0.3, -0.25) is 9.59 Å². The first-order chi connectivity index (χ1) is 15.5. The van der Waals surface area contributed by atoms with Crippen molar-refractivity contribution in [2.75, 3.05) is 6.61 Å². The summed E-state index contributed by atoms with van der Waals surface area (Å²) in [6.45, 7) is 2.69. The van der Waals surface area contributed by atoms with E-state index in [0.29, 0.717) is 17.9 Å². The van der Waals surface area contributed by atoms with Gasteiger partial charge in [-0.2, -0.15) is 0 Å². The van der Waals surface area contributed by atoms with Gasteiger partial charge >= 0.3 is 0 Å². The number of hydrogen-bond donors (Lipinski definition) is 1. The molecule has 1 amide bonds. The highest BCUT2D eigenvalue weighted by molar-refractivity contribution is 14.1. The standard InChI is InChI=1S/C26H22INO4/c1-2-32-21-14-10-19(11-15-21)24(29)22-23(18-8-12-20(27)13-9-18)28(26(31)25(22)30)16-17-6-4-3-5-7-17/h3-15,23,29H,2,16H2,1H3. The summed E-state index contributed by atoms with van der Waals surface area (Å²) in [6.07, 6.45) is 0. The van der Waals surface area contributed by atoms with Gasteiger partial charge in [-0.05, 0) is 77.0 Å². The number of hydrogen-bond acceptors (Lipinski definition) is 4. The number of rotatable bonds is 6. The average molecular weight is 539 g/mol. The maximum atomic E-state index is 13.1. The lowest BCUT2D eigenvalue weighted by Crippen LogP contribution is -2.29. The zero-order valence-corrected chi connectivity index (χ0v) is 19.7. The summed E-state index contributed by atoms with van der Waals surface area (Å²) in [5.41, 5.74) is 2.23. The summed E-state index contributed by atoms with van der Waals surface area (Å²) >= 11 is 2.21. The third-order valence-corrected chi connectivity index (χ3v) is 6.08. The molecule has 0 aromatic heterocycles. The molecule has 0 saturated carbocycles. The second kappa shape index (κ2) is 9.56. The Kier molecular flexibility index (Phi) is 6.60. The molecular weight excluding hydrogens is 517 g/mol. The van der Waals surface area contributed by atoms with Gasteiger partial charge in [0.25, 0.3) is 11.7 Å². The quantitative estimate of drug-likeness (QED) is 0.200. The molecule has 0 radical (unpaired) electrons. The average Bonchev–Trinajstić information content (AvgIpc) is 3.05. The Bertz CT molecular complexity index is 1150. The second-order valence-corrected chi connectivity index (χ2v) is 8.67. The van der Waals surface area contributed by atoms with Gasteiger partial charge in [0, 0.05) is 15.7 Å². The summed E-state index contributed by atoms with van der Waals surface area (Å²) in [4.78, 5) is 27.7. The molecule has 4 rings (SSSR count). The third-order valence-electron chi connectivity index (χ3n) is 5.36. The molecule has 1 unspecified atom stereocenters. The normalized spacial score (nSPS) is 17.6. The van der Waals surface area contributed by atoms with Crippen LogP contribution in [0.5, 0.6) is 5.75 Å². The van der Waals surface area contributed by atoms with Crippen molar-refractivity contribution in [1.82, 2.24) is 4.90 Å².